The van der Waals surface area contributed by atoms with Crippen molar-refractivity contribution >= 4 is 17.2 Å². The van der Waals surface area contributed by atoms with Gasteiger partial charge >= 0.3 is 0 Å². The first-order valence-corrected chi connectivity index (χ1v) is 11.1. The van der Waals surface area contributed by atoms with Gasteiger partial charge in [0.2, 0.25) is 11.7 Å². The minimum atomic E-state index is 0.114. The van der Waals surface area contributed by atoms with Gasteiger partial charge in [0.1, 0.15) is 13.2 Å². The molecule has 3 aromatic rings. The zero-order valence-electron chi connectivity index (χ0n) is 16.6. The van der Waals surface area contributed by atoms with Gasteiger partial charge in [-0.15, -0.1) is 21.5 Å². The predicted molar refractivity (Wildman–Crippen MR) is 112 cm³/mol. The lowest BCUT2D eigenvalue weighted by atomic mass is 10.1. The topological polar surface area (TPSA) is 82.4 Å². The molecule has 9 heteroatoms. The Labute approximate surface area is 178 Å². The fourth-order valence-electron chi connectivity index (χ4n) is 4.01. The first-order chi connectivity index (χ1) is 14.8. The number of ether oxygens (including phenoxy) is 2. The maximum absolute atomic E-state index is 12.9. The molecule has 30 heavy (non-hydrogen) atoms. The SMILES string of the molecule is O=C(CCc1ccc2c(c1)OCCO2)N1CCC[C@@H]1Cn1nnc(-c2cccs2)n1. The third-order valence-electron chi connectivity index (χ3n) is 5.50. The van der Waals surface area contributed by atoms with Gasteiger partial charge in [0.15, 0.2) is 11.5 Å². The number of rotatable bonds is 6. The molecule has 0 bridgehead atoms. The van der Waals surface area contributed by atoms with Gasteiger partial charge in [0, 0.05) is 13.0 Å². The molecular weight excluding hydrogens is 402 g/mol. The van der Waals surface area contributed by atoms with Crippen molar-refractivity contribution in [2.24, 2.45) is 0 Å². The number of likely N-dealkylation sites (tertiary alicyclic amines) is 1. The highest BCUT2D eigenvalue weighted by Gasteiger charge is 2.29. The molecule has 1 atom stereocenters. The van der Waals surface area contributed by atoms with Gasteiger partial charge in [-0.25, -0.2) is 0 Å². The first-order valence-electron chi connectivity index (χ1n) is 10.3. The number of carbonyl (C=O) groups excluding carboxylic acids is 1. The van der Waals surface area contributed by atoms with E-state index in [1.54, 1.807) is 16.1 Å². The highest BCUT2D eigenvalue weighted by atomic mass is 32.1. The summed E-state index contributed by atoms with van der Waals surface area (Å²) in [5, 5.41) is 14.8. The number of fused-ring (bicyclic) bond motifs is 1. The molecule has 156 valence electrons. The van der Waals surface area contributed by atoms with Crippen LogP contribution < -0.4 is 9.47 Å². The molecule has 0 N–H and O–H groups in total. The van der Waals surface area contributed by atoms with Gasteiger partial charge in [-0.05, 0) is 53.6 Å². The minimum Gasteiger partial charge on any atom is -0.486 e. The number of thiophene rings is 1. The summed E-state index contributed by atoms with van der Waals surface area (Å²) in [5.41, 5.74) is 1.09. The Morgan fingerprint density at radius 2 is 2.10 bits per heavy atom. The number of hydrogen-bond donors (Lipinski definition) is 0. The van der Waals surface area contributed by atoms with Crippen molar-refractivity contribution in [1.29, 1.82) is 0 Å². The first kappa shape index (κ1) is 19.0. The van der Waals surface area contributed by atoms with Crippen molar-refractivity contribution in [3.05, 3.63) is 41.3 Å². The molecule has 2 aliphatic rings. The number of carbonyl (C=O) groups is 1. The van der Waals surface area contributed by atoms with Gasteiger partial charge < -0.3 is 14.4 Å². The van der Waals surface area contributed by atoms with Crippen molar-refractivity contribution in [1.82, 2.24) is 25.1 Å². The number of nitrogens with zero attached hydrogens (tertiary/aromatic N) is 5. The zero-order valence-corrected chi connectivity index (χ0v) is 17.4. The van der Waals surface area contributed by atoms with Crippen LogP contribution in [0.15, 0.2) is 35.7 Å². The monoisotopic (exact) mass is 425 g/mol. The van der Waals surface area contributed by atoms with Crippen molar-refractivity contribution in [2.45, 2.75) is 38.3 Å². The van der Waals surface area contributed by atoms with E-state index in [-0.39, 0.29) is 11.9 Å². The summed E-state index contributed by atoms with van der Waals surface area (Å²) in [6, 6.07) is 9.98. The molecule has 2 aliphatic heterocycles. The third-order valence-corrected chi connectivity index (χ3v) is 6.37. The molecule has 1 amide bonds. The zero-order chi connectivity index (χ0) is 20.3. The van der Waals surface area contributed by atoms with E-state index in [4.69, 9.17) is 9.47 Å². The van der Waals surface area contributed by atoms with Crippen molar-refractivity contribution < 1.29 is 14.3 Å². The number of aromatic nitrogens is 4. The van der Waals surface area contributed by atoms with Crippen LogP contribution in [0, 0.1) is 0 Å². The standard InChI is InChI=1S/C21H23N5O3S/c27-20(8-6-15-5-7-17-18(13-15)29-11-10-28-17)25-9-1-3-16(25)14-26-23-21(22-24-26)19-4-2-12-30-19/h2,4-5,7,12-13,16H,1,3,6,8-11,14H2/t16-/m1/s1. The molecule has 2 aromatic heterocycles. The molecule has 0 unspecified atom stereocenters. The van der Waals surface area contributed by atoms with Crippen molar-refractivity contribution in [3.63, 3.8) is 0 Å². The molecule has 4 heterocycles. The quantitative estimate of drug-likeness (QED) is 0.604. The minimum absolute atomic E-state index is 0.114. The van der Waals surface area contributed by atoms with E-state index in [0.29, 0.717) is 38.4 Å². The van der Waals surface area contributed by atoms with Crippen LogP contribution in [0.1, 0.15) is 24.8 Å². The molecule has 5 rings (SSSR count). The Balaban J connectivity index is 1.19. The van der Waals surface area contributed by atoms with Gasteiger partial charge in [-0.2, -0.15) is 4.80 Å². The Morgan fingerprint density at radius 1 is 1.20 bits per heavy atom. The van der Waals surface area contributed by atoms with Crippen LogP contribution in [0.25, 0.3) is 10.7 Å². The van der Waals surface area contributed by atoms with Crippen molar-refractivity contribution in [2.75, 3.05) is 19.8 Å². The Bertz CT molecular complexity index is 1020. The second-order valence-corrected chi connectivity index (χ2v) is 8.45. The summed E-state index contributed by atoms with van der Waals surface area (Å²) >= 11 is 1.59. The molecule has 8 nitrogen and oxygen atoms in total. The molecule has 0 spiro atoms. The second-order valence-electron chi connectivity index (χ2n) is 7.51. The summed E-state index contributed by atoms with van der Waals surface area (Å²) < 4.78 is 11.2. The molecule has 1 aromatic carbocycles. The normalized spacial score (nSPS) is 18.0. The number of benzene rings is 1. The van der Waals surface area contributed by atoms with Gasteiger partial charge in [-0.3, -0.25) is 4.79 Å². The van der Waals surface area contributed by atoms with Crippen LogP contribution in [0.2, 0.25) is 0 Å². The van der Waals surface area contributed by atoms with Gasteiger partial charge in [0.25, 0.3) is 0 Å². The van der Waals surface area contributed by atoms with Crippen LogP contribution in [0.4, 0.5) is 0 Å². The van der Waals surface area contributed by atoms with Gasteiger partial charge in [-0.1, -0.05) is 12.1 Å². The van der Waals surface area contributed by atoms with Crippen LogP contribution in [0.3, 0.4) is 0 Å². The summed E-state index contributed by atoms with van der Waals surface area (Å²) in [7, 11) is 0. The Morgan fingerprint density at radius 3 is 2.97 bits per heavy atom. The van der Waals surface area contributed by atoms with Crippen LogP contribution in [0.5, 0.6) is 11.5 Å². The van der Waals surface area contributed by atoms with Gasteiger partial charge in [0.05, 0.1) is 17.5 Å². The van der Waals surface area contributed by atoms with E-state index in [9.17, 15) is 4.79 Å². The van der Waals surface area contributed by atoms with Crippen LogP contribution in [-0.2, 0) is 17.8 Å². The number of amides is 1. The summed E-state index contributed by atoms with van der Waals surface area (Å²) in [6.45, 7) is 2.51. The lowest BCUT2D eigenvalue weighted by Crippen LogP contribution is -2.38. The maximum Gasteiger partial charge on any atom is 0.223 e. The van der Waals surface area contributed by atoms with Crippen LogP contribution in [-0.4, -0.2) is 56.8 Å². The maximum atomic E-state index is 12.9. The smallest absolute Gasteiger partial charge is 0.223 e. The van der Waals surface area contributed by atoms with Crippen molar-refractivity contribution in [3.8, 4) is 22.2 Å². The lowest BCUT2D eigenvalue weighted by Gasteiger charge is -2.24. The number of hydrogen-bond acceptors (Lipinski definition) is 7. The van der Waals surface area contributed by atoms with Crippen LogP contribution >= 0.6 is 11.3 Å². The molecule has 1 fully saturated rings. The number of tetrazole rings is 1. The Kier molecular flexibility index (Phi) is 5.35. The third kappa shape index (κ3) is 4.02. The highest BCUT2D eigenvalue weighted by Crippen LogP contribution is 2.31. The fraction of sp³-hybridized carbons (Fsp3) is 0.429. The highest BCUT2D eigenvalue weighted by molar-refractivity contribution is 7.13. The molecule has 0 aliphatic carbocycles. The average Bonchev–Trinajstić information content (AvgIpc) is 3.54. The average molecular weight is 426 g/mol. The summed E-state index contributed by atoms with van der Waals surface area (Å²) in [4.78, 5) is 17.5. The molecular formula is C21H23N5O3S. The van der Waals surface area contributed by atoms with E-state index in [1.165, 1.54) is 0 Å². The van der Waals surface area contributed by atoms with E-state index in [0.717, 1.165) is 41.3 Å². The Hall–Kier alpha value is -2.94. The molecule has 0 radical (unpaired) electrons. The second kappa shape index (κ2) is 8.43. The molecule has 0 saturated carbocycles. The van der Waals surface area contributed by atoms with E-state index >= 15 is 0 Å². The lowest BCUT2D eigenvalue weighted by molar-refractivity contribution is -0.132. The summed E-state index contributed by atoms with van der Waals surface area (Å²) in [6.07, 6.45) is 3.13. The molecule has 1 saturated heterocycles. The van der Waals surface area contributed by atoms with E-state index in [2.05, 4.69) is 15.4 Å². The fourth-order valence-corrected chi connectivity index (χ4v) is 4.65. The van der Waals surface area contributed by atoms with E-state index in [1.807, 2.05) is 40.6 Å². The number of aryl methyl sites for hydroxylation is 1. The predicted octanol–water partition coefficient (Wildman–Crippen LogP) is 2.80. The van der Waals surface area contributed by atoms with E-state index < -0.39 is 0 Å². The largest absolute Gasteiger partial charge is 0.486 e. The summed E-state index contributed by atoms with van der Waals surface area (Å²) in [5.74, 6) is 2.35.